The van der Waals surface area contributed by atoms with Crippen LogP contribution >= 0.6 is 11.6 Å². The molecule has 1 amide bonds. The van der Waals surface area contributed by atoms with Gasteiger partial charge in [-0.05, 0) is 35.9 Å². The highest BCUT2D eigenvalue weighted by Crippen LogP contribution is 2.37. The highest BCUT2D eigenvalue weighted by Gasteiger charge is 2.35. The molecule has 0 saturated carbocycles. The van der Waals surface area contributed by atoms with Crippen molar-refractivity contribution in [1.82, 2.24) is 14.6 Å². The molecule has 34 heavy (non-hydrogen) atoms. The van der Waals surface area contributed by atoms with Gasteiger partial charge in [0, 0.05) is 18.4 Å². The lowest BCUT2D eigenvalue weighted by molar-refractivity contribution is -0.130. The third-order valence-electron chi connectivity index (χ3n) is 5.47. The molecule has 2 aromatic carbocycles. The molecule has 1 aromatic heterocycles. The zero-order valence-electron chi connectivity index (χ0n) is 18.5. The number of aromatic hydroxyl groups is 1. The van der Waals surface area contributed by atoms with Crippen LogP contribution in [0.3, 0.4) is 0 Å². The van der Waals surface area contributed by atoms with Crippen LogP contribution in [0.15, 0.2) is 57.2 Å². The van der Waals surface area contributed by atoms with Gasteiger partial charge in [-0.15, -0.1) is 0 Å². The van der Waals surface area contributed by atoms with Crippen LogP contribution in [0.4, 0.5) is 0 Å². The Labute approximate surface area is 198 Å². The molecular formula is C23H21ClN4O6. The highest BCUT2D eigenvalue weighted by molar-refractivity contribution is 6.30. The monoisotopic (exact) mass is 484 g/mol. The molecule has 0 bridgehead atoms. The lowest BCUT2D eigenvalue weighted by Gasteiger charge is -2.21. The maximum atomic E-state index is 12.7. The first-order valence-corrected chi connectivity index (χ1v) is 10.6. The molecule has 1 aliphatic heterocycles. The van der Waals surface area contributed by atoms with Crippen LogP contribution in [0, 0.1) is 0 Å². The van der Waals surface area contributed by atoms with Gasteiger partial charge in [0.1, 0.15) is 5.56 Å². The molecule has 3 aromatic rings. The molecule has 11 heteroatoms. The SMILES string of the molecule is COc1ccc([C@H]2CC(c3c(O)n(-c4cccc(Cl)c4)c(=O)[nH]c3=O)=NN2C(C)=O)cc1OC. The zero-order chi connectivity index (χ0) is 24.6. The summed E-state index contributed by atoms with van der Waals surface area (Å²) >= 11 is 6.03. The van der Waals surface area contributed by atoms with Crippen molar-refractivity contribution in [1.29, 1.82) is 0 Å². The number of carbonyl (C=O) groups excluding carboxylic acids is 1. The van der Waals surface area contributed by atoms with Crippen molar-refractivity contribution in [3.8, 4) is 23.1 Å². The van der Waals surface area contributed by atoms with E-state index < -0.39 is 23.2 Å². The van der Waals surface area contributed by atoms with Gasteiger partial charge in [-0.3, -0.25) is 14.6 Å². The van der Waals surface area contributed by atoms with E-state index in [-0.39, 0.29) is 29.3 Å². The number of hydrogen-bond donors (Lipinski definition) is 2. The van der Waals surface area contributed by atoms with Gasteiger partial charge in [0.15, 0.2) is 11.5 Å². The topological polar surface area (TPSA) is 126 Å². The second-order valence-electron chi connectivity index (χ2n) is 7.52. The minimum atomic E-state index is -0.841. The minimum Gasteiger partial charge on any atom is -0.493 e. The van der Waals surface area contributed by atoms with Gasteiger partial charge in [0.2, 0.25) is 11.8 Å². The minimum absolute atomic E-state index is 0.111. The Morgan fingerprint density at radius 2 is 1.88 bits per heavy atom. The molecular weight excluding hydrogens is 464 g/mol. The number of amides is 1. The van der Waals surface area contributed by atoms with Crippen LogP contribution in [-0.4, -0.2) is 45.5 Å². The maximum absolute atomic E-state index is 12.7. The van der Waals surface area contributed by atoms with E-state index in [1.807, 2.05) is 0 Å². The summed E-state index contributed by atoms with van der Waals surface area (Å²) in [4.78, 5) is 39.8. The number of aromatic nitrogens is 2. The number of benzene rings is 2. The van der Waals surface area contributed by atoms with Crippen LogP contribution in [0.5, 0.6) is 17.4 Å². The average molecular weight is 485 g/mol. The third kappa shape index (κ3) is 4.03. The quantitative estimate of drug-likeness (QED) is 0.573. The maximum Gasteiger partial charge on any atom is 0.335 e. The predicted octanol–water partition coefficient (Wildman–Crippen LogP) is 2.60. The number of nitrogens with one attached hydrogen (secondary N) is 1. The van der Waals surface area contributed by atoms with Crippen molar-refractivity contribution in [3.63, 3.8) is 0 Å². The van der Waals surface area contributed by atoms with Gasteiger partial charge in [-0.25, -0.2) is 14.4 Å². The predicted molar refractivity (Wildman–Crippen MR) is 125 cm³/mol. The van der Waals surface area contributed by atoms with E-state index in [9.17, 15) is 19.5 Å². The van der Waals surface area contributed by atoms with E-state index in [4.69, 9.17) is 21.1 Å². The van der Waals surface area contributed by atoms with Gasteiger partial charge < -0.3 is 14.6 Å². The lowest BCUT2D eigenvalue weighted by Crippen LogP contribution is -2.33. The average Bonchev–Trinajstić information content (AvgIpc) is 3.23. The Kier molecular flexibility index (Phi) is 6.16. The third-order valence-corrected chi connectivity index (χ3v) is 5.70. The first kappa shape index (κ1) is 23.1. The summed E-state index contributed by atoms with van der Waals surface area (Å²) in [6.45, 7) is 1.34. The molecule has 10 nitrogen and oxygen atoms in total. The molecule has 0 saturated heterocycles. The molecule has 0 aliphatic carbocycles. The van der Waals surface area contributed by atoms with E-state index in [0.29, 0.717) is 22.1 Å². The Morgan fingerprint density at radius 1 is 1.15 bits per heavy atom. The summed E-state index contributed by atoms with van der Waals surface area (Å²) in [5, 5.41) is 16.9. The molecule has 0 radical (unpaired) electrons. The largest absolute Gasteiger partial charge is 0.493 e. The number of aromatic amines is 1. The summed E-state index contributed by atoms with van der Waals surface area (Å²) in [6, 6.07) is 10.8. The van der Waals surface area contributed by atoms with Crippen LogP contribution < -0.4 is 20.7 Å². The number of carbonyl (C=O) groups is 1. The summed E-state index contributed by atoms with van der Waals surface area (Å²) < 4.78 is 11.6. The van der Waals surface area contributed by atoms with Gasteiger partial charge >= 0.3 is 5.69 Å². The van der Waals surface area contributed by atoms with E-state index in [1.54, 1.807) is 36.4 Å². The summed E-state index contributed by atoms with van der Waals surface area (Å²) in [7, 11) is 3.01. The highest BCUT2D eigenvalue weighted by atomic mass is 35.5. The number of hydrazone groups is 1. The number of ether oxygens (including phenoxy) is 2. The number of nitrogens with zero attached hydrogens (tertiary/aromatic N) is 3. The molecule has 0 fully saturated rings. The first-order chi connectivity index (χ1) is 16.2. The number of H-pyrrole nitrogens is 1. The molecule has 1 aliphatic rings. The van der Waals surface area contributed by atoms with Crippen molar-refractivity contribution < 1.29 is 19.4 Å². The summed E-state index contributed by atoms with van der Waals surface area (Å²) in [5.41, 5.74) is -0.794. The van der Waals surface area contributed by atoms with Crippen LogP contribution in [0.1, 0.15) is 30.5 Å². The lowest BCUT2D eigenvalue weighted by atomic mass is 9.98. The van der Waals surface area contributed by atoms with Crippen LogP contribution in [0.25, 0.3) is 5.69 Å². The standard InChI is InChI=1S/C23H21ClN4O6/c1-12(29)28-17(13-7-8-18(33-2)19(9-13)34-3)11-16(26-28)20-21(30)25-23(32)27(22(20)31)15-6-4-5-14(24)10-15/h4-10,17,31H,11H2,1-3H3,(H,25,30,32)/t17-/m1/s1. The Morgan fingerprint density at radius 3 is 2.53 bits per heavy atom. The van der Waals surface area contributed by atoms with Crippen molar-refractivity contribution in [3.05, 3.63) is 79.5 Å². The second kappa shape index (κ2) is 9.06. The number of halogens is 1. The van der Waals surface area contributed by atoms with Gasteiger partial charge in [0.25, 0.3) is 5.56 Å². The molecule has 1 atom stereocenters. The molecule has 0 unspecified atom stereocenters. The van der Waals surface area contributed by atoms with Crippen molar-refractivity contribution in [2.24, 2.45) is 5.10 Å². The number of methoxy groups -OCH3 is 2. The van der Waals surface area contributed by atoms with Crippen LogP contribution in [0.2, 0.25) is 5.02 Å². The zero-order valence-corrected chi connectivity index (χ0v) is 19.3. The van der Waals surface area contributed by atoms with E-state index >= 15 is 0 Å². The van der Waals surface area contributed by atoms with Gasteiger partial charge in [-0.1, -0.05) is 23.7 Å². The molecule has 4 rings (SSSR count). The first-order valence-electron chi connectivity index (χ1n) is 10.2. The van der Waals surface area contributed by atoms with E-state index in [2.05, 4.69) is 10.1 Å². The molecule has 0 spiro atoms. The fraction of sp³-hybridized carbons (Fsp3) is 0.217. The van der Waals surface area contributed by atoms with Crippen molar-refractivity contribution in [2.75, 3.05) is 14.2 Å². The van der Waals surface area contributed by atoms with E-state index in [0.717, 1.165) is 4.57 Å². The number of rotatable bonds is 5. The Hall–Kier alpha value is -4.05. The molecule has 2 N–H and O–H groups in total. The molecule has 2 heterocycles. The number of hydrogen-bond acceptors (Lipinski definition) is 7. The summed E-state index contributed by atoms with van der Waals surface area (Å²) in [5.74, 6) is 0.00898. The Balaban J connectivity index is 1.82. The fourth-order valence-corrected chi connectivity index (χ4v) is 4.10. The fourth-order valence-electron chi connectivity index (χ4n) is 3.91. The smallest absolute Gasteiger partial charge is 0.335 e. The Bertz CT molecular complexity index is 1430. The van der Waals surface area contributed by atoms with Gasteiger partial charge in [-0.2, -0.15) is 5.10 Å². The van der Waals surface area contributed by atoms with Crippen molar-refractivity contribution in [2.45, 2.75) is 19.4 Å². The van der Waals surface area contributed by atoms with Crippen LogP contribution in [-0.2, 0) is 4.79 Å². The second-order valence-corrected chi connectivity index (χ2v) is 7.95. The van der Waals surface area contributed by atoms with E-state index in [1.165, 1.54) is 32.2 Å². The van der Waals surface area contributed by atoms with Gasteiger partial charge in [0.05, 0.1) is 31.7 Å². The normalized spacial score (nSPS) is 15.2. The summed E-state index contributed by atoms with van der Waals surface area (Å²) in [6.07, 6.45) is 0.111. The molecule has 176 valence electrons. The van der Waals surface area contributed by atoms with Crippen molar-refractivity contribution >= 4 is 23.2 Å².